The number of aromatic hydroxyl groups is 1. The van der Waals surface area contributed by atoms with Crippen LogP contribution in [-0.4, -0.2) is 22.1 Å². The van der Waals surface area contributed by atoms with Gasteiger partial charge in [0.25, 0.3) is 5.56 Å². The molecule has 2 aromatic carbocycles. The van der Waals surface area contributed by atoms with Gasteiger partial charge in [0.2, 0.25) is 5.91 Å². The van der Waals surface area contributed by atoms with Crippen LogP contribution >= 0.6 is 15.9 Å². The molecule has 3 aromatic rings. The summed E-state index contributed by atoms with van der Waals surface area (Å²) in [6.07, 6.45) is -0.168. The van der Waals surface area contributed by atoms with Crippen LogP contribution in [0.5, 0.6) is 5.75 Å². The van der Waals surface area contributed by atoms with E-state index in [2.05, 4.69) is 15.9 Å². The molecule has 0 aliphatic rings. The number of carbonyl (C=O) groups is 1. The summed E-state index contributed by atoms with van der Waals surface area (Å²) in [4.78, 5) is 27.2. The van der Waals surface area contributed by atoms with Crippen LogP contribution in [0.4, 0.5) is 5.69 Å². The molecule has 1 N–H and O–H groups in total. The maximum atomic E-state index is 12.8. The molecule has 0 bridgehead atoms. The number of hydrogen-bond acceptors (Lipinski definition) is 3. The van der Waals surface area contributed by atoms with Gasteiger partial charge in [0.1, 0.15) is 5.75 Å². The minimum Gasteiger partial charge on any atom is -0.507 e. The number of aryl methyl sites for hydroxylation is 1. The fourth-order valence-corrected chi connectivity index (χ4v) is 3.65. The van der Waals surface area contributed by atoms with E-state index < -0.39 is 0 Å². The Balaban J connectivity index is 2.07. The molecule has 134 valence electrons. The van der Waals surface area contributed by atoms with Gasteiger partial charge < -0.3 is 14.6 Å². The van der Waals surface area contributed by atoms with Crippen molar-refractivity contribution in [2.24, 2.45) is 7.05 Å². The normalized spacial score (nSPS) is 10.9. The number of carbonyl (C=O) groups excluding carboxylic acids is 1. The van der Waals surface area contributed by atoms with Crippen LogP contribution in [-0.2, 0) is 18.3 Å². The molecule has 5 nitrogen and oxygen atoms in total. The molecular weight excluding hydrogens is 396 g/mol. The highest BCUT2D eigenvalue weighted by molar-refractivity contribution is 9.10. The van der Waals surface area contributed by atoms with Crippen LogP contribution in [0.3, 0.4) is 0 Å². The van der Waals surface area contributed by atoms with Crippen molar-refractivity contribution in [3.63, 3.8) is 0 Å². The van der Waals surface area contributed by atoms with Gasteiger partial charge in [-0.05, 0) is 47.1 Å². The summed E-state index contributed by atoms with van der Waals surface area (Å²) in [7, 11) is 1.64. The van der Waals surface area contributed by atoms with E-state index in [0.29, 0.717) is 21.9 Å². The Morgan fingerprint density at radius 1 is 1.15 bits per heavy atom. The van der Waals surface area contributed by atoms with Crippen LogP contribution in [0.15, 0.2) is 57.8 Å². The number of fused-ring (bicyclic) bond motifs is 1. The molecule has 3 rings (SSSR count). The van der Waals surface area contributed by atoms with Gasteiger partial charge in [-0.1, -0.05) is 24.3 Å². The summed E-state index contributed by atoms with van der Waals surface area (Å²) < 4.78 is 2.13. The topological polar surface area (TPSA) is 62.5 Å². The van der Waals surface area contributed by atoms with Crippen molar-refractivity contribution < 1.29 is 9.90 Å². The number of anilines is 1. The van der Waals surface area contributed by atoms with Crippen molar-refractivity contribution in [2.75, 3.05) is 11.4 Å². The van der Waals surface area contributed by atoms with Gasteiger partial charge >= 0.3 is 0 Å². The highest BCUT2D eigenvalue weighted by Crippen LogP contribution is 2.33. The summed E-state index contributed by atoms with van der Waals surface area (Å²) in [5, 5.41) is 11.2. The number of amides is 1. The van der Waals surface area contributed by atoms with E-state index in [1.54, 1.807) is 30.1 Å². The fourth-order valence-electron chi connectivity index (χ4n) is 3.11. The highest BCUT2D eigenvalue weighted by Gasteiger charge is 2.22. The second-order valence-electron chi connectivity index (χ2n) is 5.98. The third kappa shape index (κ3) is 3.12. The fraction of sp³-hybridized carbons (Fsp3) is 0.200. The molecule has 0 spiro atoms. The largest absolute Gasteiger partial charge is 0.507 e. The molecule has 26 heavy (non-hydrogen) atoms. The molecule has 0 saturated heterocycles. The zero-order valence-corrected chi connectivity index (χ0v) is 16.2. The van der Waals surface area contributed by atoms with Gasteiger partial charge in [-0.15, -0.1) is 0 Å². The summed E-state index contributed by atoms with van der Waals surface area (Å²) in [5.41, 5.74) is 1.10. The minimum atomic E-state index is -0.370. The van der Waals surface area contributed by atoms with Gasteiger partial charge in [0, 0.05) is 23.8 Å². The number of benzene rings is 2. The van der Waals surface area contributed by atoms with E-state index in [1.165, 1.54) is 4.57 Å². The van der Waals surface area contributed by atoms with Crippen molar-refractivity contribution in [3.8, 4) is 5.75 Å². The molecule has 1 heterocycles. The van der Waals surface area contributed by atoms with E-state index in [0.717, 1.165) is 5.69 Å². The predicted octanol–water partition coefficient (Wildman–Crippen LogP) is 3.60. The first-order valence-corrected chi connectivity index (χ1v) is 9.09. The van der Waals surface area contributed by atoms with Crippen molar-refractivity contribution >= 4 is 38.4 Å². The standard InChI is InChI=1S/C20H19BrN2O3/c1-3-23(13-8-5-4-6-9-13)17(24)12-14-19(25)18-15(21)10-7-11-16(18)22(2)20(14)26/h4-11,25H,3,12H2,1-2H3. The molecule has 1 aromatic heterocycles. The lowest BCUT2D eigenvalue weighted by molar-refractivity contribution is -0.118. The SMILES string of the molecule is CCN(C(=O)Cc1c(O)c2c(Br)cccc2n(C)c1=O)c1ccccc1. The van der Waals surface area contributed by atoms with E-state index in [-0.39, 0.29) is 29.2 Å². The number of halogens is 1. The van der Waals surface area contributed by atoms with Crippen LogP contribution < -0.4 is 10.5 Å². The first-order chi connectivity index (χ1) is 12.5. The molecule has 0 radical (unpaired) electrons. The van der Waals surface area contributed by atoms with E-state index >= 15 is 0 Å². The van der Waals surface area contributed by atoms with Gasteiger partial charge in [-0.2, -0.15) is 0 Å². The predicted molar refractivity (Wildman–Crippen MR) is 107 cm³/mol. The molecular formula is C20H19BrN2O3. The Morgan fingerprint density at radius 3 is 2.50 bits per heavy atom. The Kier molecular flexibility index (Phi) is 5.13. The summed E-state index contributed by atoms with van der Waals surface area (Å²) in [6, 6.07) is 14.6. The first-order valence-electron chi connectivity index (χ1n) is 8.30. The van der Waals surface area contributed by atoms with Crippen LogP contribution in [0.2, 0.25) is 0 Å². The monoisotopic (exact) mass is 414 g/mol. The number of hydrogen-bond donors (Lipinski definition) is 1. The minimum absolute atomic E-state index is 0.103. The van der Waals surface area contributed by atoms with Crippen molar-refractivity contribution in [1.29, 1.82) is 0 Å². The maximum Gasteiger partial charge on any atom is 0.258 e. The summed E-state index contributed by atoms with van der Waals surface area (Å²) >= 11 is 3.42. The summed E-state index contributed by atoms with van der Waals surface area (Å²) in [6.45, 7) is 2.35. The number of rotatable bonds is 4. The highest BCUT2D eigenvalue weighted by atomic mass is 79.9. The van der Waals surface area contributed by atoms with Crippen LogP contribution in [0.1, 0.15) is 12.5 Å². The molecule has 0 aliphatic heterocycles. The van der Waals surface area contributed by atoms with Gasteiger partial charge in [-0.25, -0.2) is 0 Å². The number of likely N-dealkylation sites (N-methyl/N-ethyl adjacent to an activating group) is 1. The quantitative estimate of drug-likeness (QED) is 0.709. The van der Waals surface area contributed by atoms with E-state index in [9.17, 15) is 14.7 Å². The third-order valence-corrected chi connectivity index (χ3v) is 5.11. The lowest BCUT2D eigenvalue weighted by Gasteiger charge is -2.21. The Labute approximate surface area is 159 Å². The van der Waals surface area contributed by atoms with Crippen molar-refractivity contribution in [2.45, 2.75) is 13.3 Å². The van der Waals surface area contributed by atoms with Gasteiger partial charge in [0.05, 0.1) is 22.9 Å². The molecule has 1 amide bonds. The zero-order valence-electron chi connectivity index (χ0n) is 14.6. The Morgan fingerprint density at radius 2 is 1.85 bits per heavy atom. The van der Waals surface area contributed by atoms with Gasteiger partial charge in [0.15, 0.2) is 0 Å². The Bertz CT molecular complexity index is 1030. The second-order valence-corrected chi connectivity index (χ2v) is 6.83. The smallest absolute Gasteiger partial charge is 0.258 e. The number of pyridine rings is 1. The van der Waals surface area contributed by atoms with Crippen LogP contribution in [0.25, 0.3) is 10.9 Å². The van der Waals surface area contributed by atoms with Crippen molar-refractivity contribution in [3.05, 3.63) is 68.9 Å². The maximum absolute atomic E-state index is 12.8. The molecule has 0 fully saturated rings. The average Bonchev–Trinajstić information content (AvgIpc) is 2.64. The van der Waals surface area contributed by atoms with E-state index in [4.69, 9.17) is 0 Å². The molecule has 0 saturated carbocycles. The summed E-state index contributed by atoms with van der Waals surface area (Å²) in [5.74, 6) is -0.384. The average molecular weight is 415 g/mol. The number of aromatic nitrogens is 1. The zero-order chi connectivity index (χ0) is 18.8. The molecule has 6 heteroatoms. The molecule has 0 unspecified atom stereocenters. The van der Waals surface area contributed by atoms with Crippen molar-refractivity contribution in [1.82, 2.24) is 4.57 Å². The number of nitrogens with zero attached hydrogens (tertiary/aromatic N) is 2. The lowest BCUT2D eigenvalue weighted by Crippen LogP contribution is -2.34. The second kappa shape index (κ2) is 7.33. The Hall–Kier alpha value is -2.60. The molecule has 0 atom stereocenters. The first kappa shape index (κ1) is 18.2. The van der Waals surface area contributed by atoms with Gasteiger partial charge in [-0.3, -0.25) is 9.59 Å². The number of para-hydroxylation sites is 1. The molecule has 0 aliphatic carbocycles. The van der Waals surface area contributed by atoms with E-state index in [1.807, 2.05) is 37.3 Å². The lowest BCUT2D eigenvalue weighted by atomic mass is 10.1. The van der Waals surface area contributed by atoms with Crippen LogP contribution in [0, 0.1) is 0 Å². The third-order valence-electron chi connectivity index (χ3n) is 4.45.